The molecule has 1 amide bonds. The normalized spacial score (nSPS) is 18.0. The minimum absolute atomic E-state index is 0.0192. The number of nitrogens with zero attached hydrogens (tertiary/aromatic N) is 2. The molecule has 2 heterocycles. The maximum atomic E-state index is 13.1. The fraction of sp³-hybridized carbons (Fsp3) is 0.342. The van der Waals surface area contributed by atoms with Crippen molar-refractivity contribution in [1.82, 2.24) is 15.1 Å². The Hall–Kier alpha value is -4.69. The number of esters is 2. The van der Waals surface area contributed by atoms with E-state index in [2.05, 4.69) is 70.9 Å². The Bertz CT molecular complexity index is 1550. The molecule has 8 nitrogen and oxygen atoms in total. The SMILES string of the molecule is COC(=O)C1=C(C)NC(C)=C(N(C=O)CCCN2CCC(c3ccccc3)(c3ccccc3)CC2)C1c1ccc(C(=O)OC)cc1. The van der Waals surface area contributed by atoms with Crippen LogP contribution in [0, 0.1) is 0 Å². The molecule has 3 aromatic carbocycles. The van der Waals surface area contributed by atoms with Gasteiger partial charge in [0, 0.05) is 23.4 Å². The zero-order chi connectivity index (χ0) is 32.7. The molecule has 0 radical (unpaired) electrons. The second-order valence-corrected chi connectivity index (χ2v) is 12.0. The highest BCUT2D eigenvalue weighted by molar-refractivity contribution is 5.93. The van der Waals surface area contributed by atoms with Gasteiger partial charge in [0.1, 0.15) is 0 Å². The molecule has 1 atom stereocenters. The van der Waals surface area contributed by atoms with E-state index in [1.54, 1.807) is 29.2 Å². The first kappa shape index (κ1) is 32.7. The Morgan fingerprint density at radius 3 is 1.93 bits per heavy atom. The summed E-state index contributed by atoms with van der Waals surface area (Å²) in [5.41, 5.74) is 6.43. The van der Waals surface area contributed by atoms with E-state index in [1.807, 2.05) is 13.8 Å². The van der Waals surface area contributed by atoms with Gasteiger partial charge in [-0.3, -0.25) is 4.79 Å². The number of nitrogens with one attached hydrogen (secondary N) is 1. The maximum Gasteiger partial charge on any atom is 0.337 e. The van der Waals surface area contributed by atoms with Crippen LogP contribution < -0.4 is 5.32 Å². The lowest BCUT2D eigenvalue weighted by atomic mass is 9.68. The Labute approximate surface area is 271 Å². The van der Waals surface area contributed by atoms with Crippen molar-refractivity contribution in [3.8, 4) is 0 Å². The highest BCUT2D eigenvalue weighted by Gasteiger charge is 2.38. The third kappa shape index (κ3) is 6.63. The maximum absolute atomic E-state index is 13.1. The Morgan fingerprint density at radius 1 is 0.848 bits per heavy atom. The summed E-state index contributed by atoms with van der Waals surface area (Å²) < 4.78 is 10.0. The predicted molar refractivity (Wildman–Crippen MR) is 178 cm³/mol. The number of ether oxygens (including phenoxy) is 2. The minimum atomic E-state index is -0.557. The Kier molecular flexibility index (Phi) is 10.4. The average molecular weight is 622 g/mol. The fourth-order valence-electron chi connectivity index (χ4n) is 7.11. The van der Waals surface area contributed by atoms with E-state index in [-0.39, 0.29) is 5.41 Å². The number of carbonyl (C=O) groups excluding carboxylic acids is 3. The van der Waals surface area contributed by atoms with E-state index in [0.29, 0.717) is 29.1 Å². The number of carbonyl (C=O) groups is 3. The van der Waals surface area contributed by atoms with Gasteiger partial charge in [-0.25, -0.2) is 9.59 Å². The average Bonchev–Trinajstić information content (AvgIpc) is 3.10. The van der Waals surface area contributed by atoms with Gasteiger partial charge in [0.15, 0.2) is 0 Å². The smallest absolute Gasteiger partial charge is 0.337 e. The van der Waals surface area contributed by atoms with Crippen LogP contribution >= 0.6 is 0 Å². The first-order chi connectivity index (χ1) is 22.3. The number of dihydropyridines is 1. The van der Waals surface area contributed by atoms with E-state index in [9.17, 15) is 14.4 Å². The summed E-state index contributed by atoms with van der Waals surface area (Å²) in [4.78, 5) is 42.0. The first-order valence-electron chi connectivity index (χ1n) is 15.8. The lowest BCUT2D eigenvalue weighted by Crippen LogP contribution is -2.44. The van der Waals surface area contributed by atoms with E-state index in [4.69, 9.17) is 9.47 Å². The Morgan fingerprint density at radius 2 is 1.41 bits per heavy atom. The van der Waals surface area contributed by atoms with Crippen LogP contribution in [-0.2, 0) is 24.5 Å². The Balaban J connectivity index is 1.32. The van der Waals surface area contributed by atoms with E-state index in [0.717, 1.165) is 56.6 Å². The molecule has 1 saturated heterocycles. The number of hydrogen-bond donors (Lipinski definition) is 1. The van der Waals surface area contributed by atoms with Gasteiger partial charge in [-0.2, -0.15) is 0 Å². The molecule has 2 aliphatic rings. The third-order valence-electron chi connectivity index (χ3n) is 9.47. The molecule has 0 spiro atoms. The fourth-order valence-corrected chi connectivity index (χ4v) is 7.11. The summed E-state index contributed by atoms with van der Waals surface area (Å²) in [6.07, 6.45) is 3.65. The number of rotatable bonds is 11. The van der Waals surface area contributed by atoms with Crippen LogP contribution in [0.25, 0.3) is 0 Å². The van der Waals surface area contributed by atoms with Gasteiger partial charge in [-0.1, -0.05) is 72.8 Å². The second kappa shape index (κ2) is 14.6. The van der Waals surface area contributed by atoms with Crippen molar-refractivity contribution in [3.05, 3.63) is 130 Å². The molecule has 2 aliphatic heterocycles. The number of allylic oxidation sites excluding steroid dienone is 3. The molecule has 46 heavy (non-hydrogen) atoms. The number of methoxy groups -OCH3 is 2. The van der Waals surface area contributed by atoms with Gasteiger partial charge in [0.2, 0.25) is 6.41 Å². The first-order valence-corrected chi connectivity index (χ1v) is 15.8. The van der Waals surface area contributed by atoms with E-state index in [1.165, 1.54) is 25.3 Å². The molecule has 1 unspecified atom stereocenters. The van der Waals surface area contributed by atoms with Gasteiger partial charge in [0.05, 0.1) is 37.0 Å². The summed E-state index contributed by atoms with van der Waals surface area (Å²) in [6.45, 7) is 6.99. The van der Waals surface area contributed by atoms with Crippen LogP contribution in [0.15, 0.2) is 108 Å². The molecular formula is C38H43N3O5. The topological polar surface area (TPSA) is 88.2 Å². The zero-order valence-corrected chi connectivity index (χ0v) is 27.1. The van der Waals surface area contributed by atoms with Gasteiger partial charge < -0.3 is 24.6 Å². The summed E-state index contributed by atoms with van der Waals surface area (Å²) in [5.74, 6) is -1.48. The van der Waals surface area contributed by atoms with Crippen molar-refractivity contribution < 1.29 is 23.9 Å². The highest BCUT2D eigenvalue weighted by atomic mass is 16.5. The van der Waals surface area contributed by atoms with Crippen LogP contribution in [0.3, 0.4) is 0 Å². The van der Waals surface area contributed by atoms with Gasteiger partial charge >= 0.3 is 11.9 Å². The van der Waals surface area contributed by atoms with Crippen molar-refractivity contribution in [3.63, 3.8) is 0 Å². The van der Waals surface area contributed by atoms with Crippen molar-refractivity contribution in [2.75, 3.05) is 40.4 Å². The number of amides is 1. The summed E-state index contributed by atoms with van der Waals surface area (Å²) in [6, 6.07) is 28.6. The highest BCUT2D eigenvalue weighted by Crippen LogP contribution is 2.42. The van der Waals surface area contributed by atoms with Crippen molar-refractivity contribution in [2.24, 2.45) is 0 Å². The molecule has 8 heteroatoms. The van der Waals surface area contributed by atoms with Gasteiger partial charge in [-0.15, -0.1) is 0 Å². The number of likely N-dealkylation sites (tertiary alicyclic amines) is 1. The molecule has 1 fully saturated rings. The summed E-state index contributed by atoms with van der Waals surface area (Å²) in [5, 5.41) is 3.30. The molecule has 0 bridgehead atoms. The molecule has 0 saturated carbocycles. The lowest BCUT2D eigenvalue weighted by Gasteiger charge is -2.43. The molecule has 3 aromatic rings. The van der Waals surface area contributed by atoms with Crippen LogP contribution in [0.1, 0.15) is 66.1 Å². The van der Waals surface area contributed by atoms with Crippen LogP contribution in [0.2, 0.25) is 0 Å². The zero-order valence-electron chi connectivity index (χ0n) is 27.1. The quantitative estimate of drug-likeness (QED) is 0.215. The van der Waals surface area contributed by atoms with Crippen LogP contribution in [0.4, 0.5) is 0 Å². The van der Waals surface area contributed by atoms with E-state index >= 15 is 0 Å². The number of piperidine rings is 1. The standard InChI is InChI=1S/C38H43N3O5/c1-27-33(37(44)46-4)34(29-16-18-30(19-17-29)36(43)45-3)35(28(2)39-27)41(26-42)23-11-22-40-24-20-38(21-25-40,31-12-7-5-8-13-31)32-14-9-6-10-15-32/h5-10,12-19,26,34,39H,11,20-25H2,1-4H3. The molecule has 1 N–H and O–H groups in total. The number of hydrogen-bond acceptors (Lipinski definition) is 7. The molecule has 0 aromatic heterocycles. The largest absolute Gasteiger partial charge is 0.466 e. The van der Waals surface area contributed by atoms with Crippen molar-refractivity contribution in [2.45, 2.75) is 44.4 Å². The van der Waals surface area contributed by atoms with Crippen LogP contribution in [0.5, 0.6) is 0 Å². The third-order valence-corrected chi connectivity index (χ3v) is 9.47. The monoisotopic (exact) mass is 621 g/mol. The second-order valence-electron chi connectivity index (χ2n) is 12.0. The molecule has 0 aliphatic carbocycles. The van der Waals surface area contributed by atoms with Crippen molar-refractivity contribution >= 4 is 18.3 Å². The van der Waals surface area contributed by atoms with Gasteiger partial charge in [-0.05, 0) is 81.6 Å². The molecule has 5 rings (SSSR count). The number of benzene rings is 3. The molecular weight excluding hydrogens is 578 g/mol. The van der Waals surface area contributed by atoms with E-state index < -0.39 is 17.9 Å². The summed E-state index contributed by atoms with van der Waals surface area (Å²) >= 11 is 0. The van der Waals surface area contributed by atoms with Crippen LogP contribution in [-0.4, -0.2) is 68.5 Å². The lowest BCUT2D eigenvalue weighted by molar-refractivity contribution is -0.136. The van der Waals surface area contributed by atoms with Crippen molar-refractivity contribution in [1.29, 1.82) is 0 Å². The predicted octanol–water partition coefficient (Wildman–Crippen LogP) is 5.77. The molecule has 240 valence electrons. The minimum Gasteiger partial charge on any atom is -0.466 e. The van der Waals surface area contributed by atoms with Gasteiger partial charge in [0.25, 0.3) is 0 Å². The summed E-state index contributed by atoms with van der Waals surface area (Å²) in [7, 11) is 2.69.